The lowest BCUT2D eigenvalue weighted by Crippen LogP contribution is -2.41. The maximum Gasteiger partial charge on any atom is 0.251 e. The minimum atomic E-state index is -0.0899. The Morgan fingerprint density at radius 1 is 1.21 bits per heavy atom. The lowest BCUT2D eigenvalue weighted by Gasteiger charge is -2.26. The average Bonchev–Trinajstić information content (AvgIpc) is 3.14. The van der Waals surface area contributed by atoms with Gasteiger partial charge in [0.15, 0.2) is 4.77 Å². The van der Waals surface area contributed by atoms with Gasteiger partial charge in [-0.1, -0.05) is 12.1 Å². The Hall–Kier alpha value is -2.81. The zero-order valence-corrected chi connectivity index (χ0v) is 16.7. The van der Waals surface area contributed by atoms with Gasteiger partial charge in [0.05, 0.1) is 29.8 Å². The van der Waals surface area contributed by atoms with E-state index in [-0.39, 0.29) is 5.91 Å². The third-order valence-electron chi connectivity index (χ3n) is 5.35. The van der Waals surface area contributed by atoms with Crippen molar-refractivity contribution in [3.05, 3.63) is 52.8 Å². The van der Waals surface area contributed by atoms with Crippen LogP contribution in [0.5, 0.6) is 0 Å². The molecule has 148 valence electrons. The summed E-state index contributed by atoms with van der Waals surface area (Å²) in [6, 6.07) is 13.5. The number of aromatic nitrogens is 3. The van der Waals surface area contributed by atoms with Gasteiger partial charge in [0.1, 0.15) is 5.65 Å². The van der Waals surface area contributed by atoms with Crippen molar-refractivity contribution in [1.29, 1.82) is 0 Å². The average molecular weight is 407 g/mol. The van der Waals surface area contributed by atoms with E-state index in [0.717, 1.165) is 60.4 Å². The summed E-state index contributed by atoms with van der Waals surface area (Å²) in [7, 11) is 0. The number of para-hydroxylation sites is 2. The number of hydrogen-bond donors (Lipinski definition) is 2. The Kier molecular flexibility index (Phi) is 4.75. The number of nitrogens with one attached hydrogen (secondary N) is 2. The van der Waals surface area contributed by atoms with E-state index in [1.54, 1.807) is 0 Å². The summed E-state index contributed by atoms with van der Waals surface area (Å²) in [6.07, 6.45) is 0. The predicted octanol–water partition coefficient (Wildman–Crippen LogP) is 2.76. The van der Waals surface area contributed by atoms with Crippen LogP contribution < -0.4 is 5.32 Å². The Morgan fingerprint density at radius 2 is 2.03 bits per heavy atom. The molecule has 5 rings (SSSR count). The number of ether oxygens (including phenoxy) is 1. The Bertz CT molecular complexity index is 1270. The fraction of sp³-hybridized carbons (Fsp3) is 0.286. The van der Waals surface area contributed by atoms with Gasteiger partial charge in [-0.25, -0.2) is 4.98 Å². The Labute approximate surface area is 172 Å². The molecule has 4 aromatic rings. The first-order chi connectivity index (χ1) is 14.2. The summed E-state index contributed by atoms with van der Waals surface area (Å²) in [6.45, 7) is 4.78. The van der Waals surface area contributed by atoms with Gasteiger partial charge in [0.25, 0.3) is 5.91 Å². The van der Waals surface area contributed by atoms with Crippen molar-refractivity contribution < 1.29 is 9.53 Å². The molecule has 1 aliphatic rings. The predicted molar refractivity (Wildman–Crippen MR) is 115 cm³/mol. The van der Waals surface area contributed by atoms with Gasteiger partial charge in [-0.15, -0.1) is 0 Å². The van der Waals surface area contributed by atoms with Gasteiger partial charge >= 0.3 is 0 Å². The smallest absolute Gasteiger partial charge is 0.251 e. The summed E-state index contributed by atoms with van der Waals surface area (Å²) in [4.78, 5) is 22.9. The highest BCUT2D eigenvalue weighted by Crippen LogP contribution is 2.24. The lowest BCUT2D eigenvalue weighted by molar-refractivity contribution is 0.0383. The highest BCUT2D eigenvalue weighted by atomic mass is 32.1. The third-order valence-corrected chi connectivity index (χ3v) is 5.63. The van der Waals surface area contributed by atoms with Crippen molar-refractivity contribution in [2.45, 2.75) is 0 Å². The first-order valence-electron chi connectivity index (χ1n) is 9.72. The third kappa shape index (κ3) is 3.39. The molecule has 1 fully saturated rings. The summed E-state index contributed by atoms with van der Waals surface area (Å²) >= 11 is 5.56. The van der Waals surface area contributed by atoms with Gasteiger partial charge in [-0.3, -0.25) is 14.1 Å². The van der Waals surface area contributed by atoms with E-state index in [2.05, 4.69) is 15.2 Å². The van der Waals surface area contributed by atoms with Crippen LogP contribution in [0.3, 0.4) is 0 Å². The van der Waals surface area contributed by atoms with Crippen LogP contribution >= 0.6 is 12.2 Å². The molecule has 1 saturated heterocycles. The molecule has 0 bridgehead atoms. The number of carbonyl (C=O) groups is 1. The number of aromatic amines is 1. The van der Waals surface area contributed by atoms with E-state index in [0.29, 0.717) is 16.9 Å². The molecule has 2 aromatic carbocycles. The van der Waals surface area contributed by atoms with Gasteiger partial charge < -0.3 is 15.0 Å². The van der Waals surface area contributed by atoms with Crippen LogP contribution in [-0.2, 0) is 4.74 Å². The number of imidazole rings is 1. The highest BCUT2D eigenvalue weighted by Gasteiger charge is 2.13. The number of rotatable bonds is 4. The molecule has 2 N–H and O–H groups in total. The first-order valence-corrected chi connectivity index (χ1v) is 10.1. The van der Waals surface area contributed by atoms with Gasteiger partial charge in [-0.2, -0.15) is 0 Å². The Morgan fingerprint density at radius 3 is 2.90 bits per heavy atom. The maximum atomic E-state index is 12.6. The summed E-state index contributed by atoms with van der Waals surface area (Å²) in [5.74, 6) is -0.0899. The van der Waals surface area contributed by atoms with E-state index in [1.165, 1.54) is 0 Å². The van der Waals surface area contributed by atoms with Gasteiger partial charge in [-0.05, 0) is 42.5 Å². The molecular weight excluding hydrogens is 386 g/mol. The van der Waals surface area contributed by atoms with E-state index in [9.17, 15) is 4.79 Å². The van der Waals surface area contributed by atoms with Crippen LogP contribution in [0, 0.1) is 4.77 Å². The largest absolute Gasteiger partial charge is 0.379 e. The number of hydrogen-bond acceptors (Lipinski definition) is 5. The lowest BCUT2D eigenvalue weighted by atomic mass is 10.1. The van der Waals surface area contributed by atoms with E-state index < -0.39 is 0 Å². The molecule has 0 radical (unpaired) electrons. The highest BCUT2D eigenvalue weighted by molar-refractivity contribution is 7.71. The van der Waals surface area contributed by atoms with Crippen LogP contribution in [0.4, 0.5) is 0 Å². The fourth-order valence-corrected chi connectivity index (χ4v) is 4.12. The minimum Gasteiger partial charge on any atom is -0.379 e. The normalized spacial score (nSPS) is 15.3. The van der Waals surface area contributed by atoms with Crippen LogP contribution in [0.15, 0.2) is 42.5 Å². The number of carbonyl (C=O) groups excluding carboxylic acids is 1. The monoisotopic (exact) mass is 407 g/mol. The molecule has 0 atom stereocenters. The van der Waals surface area contributed by atoms with Crippen LogP contribution in [-0.4, -0.2) is 64.6 Å². The molecule has 1 aliphatic heterocycles. The number of benzene rings is 2. The zero-order valence-electron chi connectivity index (χ0n) is 15.9. The van der Waals surface area contributed by atoms with E-state index >= 15 is 0 Å². The fourth-order valence-electron chi connectivity index (χ4n) is 3.82. The molecule has 0 aliphatic carbocycles. The number of H-pyrrole nitrogens is 1. The summed E-state index contributed by atoms with van der Waals surface area (Å²) in [5, 5.41) is 3.93. The van der Waals surface area contributed by atoms with Crippen LogP contribution in [0.1, 0.15) is 10.4 Å². The topological polar surface area (TPSA) is 74.7 Å². The number of morpholine rings is 1. The van der Waals surface area contributed by atoms with Crippen molar-refractivity contribution in [2.24, 2.45) is 0 Å². The molecule has 1 amide bonds. The van der Waals surface area contributed by atoms with Crippen LogP contribution in [0.2, 0.25) is 0 Å². The van der Waals surface area contributed by atoms with Crippen molar-refractivity contribution in [3.8, 4) is 0 Å². The van der Waals surface area contributed by atoms with E-state index in [4.69, 9.17) is 21.9 Å². The van der Waals surface area contributed by atoms with Crippen molar-refractivity contribution >= 4 is 45.7 Å². The number of fused-ring (bicyclic) bond motifs is 5. The summed E-state index contributed by atoms with van der Waals surface area (Å²) < 4.78 is 7.85. The second-order valence-corrected chi connectivity index (χ2v) is 7.55. The zero-order chi connectivity index (χ0) is 19.8. The molecule has 3 heterocycles. The molecule has 29 heavy (non-hydrogen) atoms. The van der Waals surface area contributed by atoms with Crippen LogP contribution in [0.25, 0.3) is 27.6 Å². The second-order valence-electron chi connectivity index (χ2n) is 7.16. The van der Waals surface area contributed by atoms with E-state index in [1.807, 2.05) is 46.9 Å². The standard InChI is InChI=1S/C21H21N5O2S/c27-20(22-7-8-25-9-11-28-12-10-25)14-5-6-15-17(13-14)24-21(29)26-18-4-2-1-3-16(18)23-19(15)26/h1-6,13H,7-12H2,(H,22,27)(H,24,29). The molecular formula is C21H21N5O2S. The van der Waals surface area contributed by atoms with Gasteiger partial charge in [0.2, 0.25) is 0 Å². The van der Waals surface area contributed by atoms with Gasteiger partial charge in [0, 0.05) is 37.1 Å². The van der Waals surface area contributed by atoms with Crippen molar-refractivity contribution in [2.75, 3.05) is 39.4 Å². The number of amides is 1. The molecule has 2 aromatic heterocycles. The second kappa shape index (κ2) is 7.55. The number of nitrogens with zero attached hydrogens (tertiary/aromatic N) is 3. The molecule has 0 unspecified atom stereocenters. The van der Waals surface area contributed by atoms with Crippen molar-refractivity contribution in [3.63, 3.8) is 0 Å². The molecule has 7 nitrogen and oxygen atoms in total. The van der Waals surface area contributed by atoms with Crippen molar-refractivity contribution in [1.82, 2.24) is 24.6 Å². The summed E-state index contributed by atoms with van der Waals surface area (Å²) in [5.41, 5.74) is 4.06. The SMILES string of the molecule is O=C(NCCN1CCOCC1)c1ccc2c(c1)[nH]c(=S)n1c3ccccc3nc21. The first kappa shape index (κ1) is 18.2. The molecule has 8 heteroatoms. The maximum absolute atomic E-state index is 12.6. The Balaban J connectivity index is 1.42. The minimum absolute atomic E-state index is 0.0899. The molecule has 0 spiro atoms. The molecule has 0 saturated carbocycles. The quantitative estimate of drug-likeness (QED) is 0.509.